The van der Waals surface area contributed by atoms with E-state index in [1.807, 2.05) is 4.90 Å². The van der Waals surface area contributed by atoms with Crippen LogP contribution in [0.2, 0.25) is 0 Å². The van der Waals surface area contributed by atoms with E-state index in [2.05, 4.69) is 41.0 Å². The summed E-state index contributed by atoms with van der Waals surface area (Å²) >= 11 is 1.55. The van der Waals surface area contributed by atoms with Gasteiger partial charge in [-0.3, -0.25) is 24.2 Å². The van der Waals surface area contributed by atoms with Gasteiger partial charge in [-0.15, -0.1) is 11.3 Å². The zero-order chi connectivity index (χ0) is 41.8. The number of pyridine rings is 1. The molecule has 8 rings (SSSR count). The van der Waals surface area contributed by atoms with Gasteiger partial charge in [0.15, 0.2) is 5.82 Å². The van der Waals surface area contributed by atoms with Crippen LogP contribution in [0.4, 0.5) is 41.9 Å². The van der Waals surface area contributed by atoms with Crippen LogP contribution in [-0.4, -0.2) is 94.0 Å². The standard InChI is InChI=1S/C42H47F3N8O5S/c1-5-35(55)48-30-18-24(6-7-32(30)52-15-14-51(22-34(52)42(43,44)45)25-10-16-58-17-11-25)47-37-40(57)50(4)21-31(49-37)26-8-12-46-38(29(26)23-54)53-13-9-27-28-19-41(2,3)20-33(28)59-36(27)39(53)56/h5-8,12,18,21,25,34,54H,1,9-11,13-17,19-20,22-23H2,2-4H3,(H,47,49)(H,48,55)/t34-/m0/s1. The summed E-state index contributed by atoms with van der Waals surface area (Å²) in [6, 6.07) is 4.30. The van der Waals surface area contributed by atoms with Gasteiger partial charge < -0.3 is 29.9 Å². The molecular weight excluding hydrogens is 786 g/mol. The first kappa shape index (κ1) is 40.7. The van der Waals surface area contributed by atoms with Crippen LogP contribution in [-0.2, 0) is 42.4 Å². The molecule has 0 saturated carbocycles. The van der Waals surface area contributed by atoms with E-state index >= 15 is 0 Å². The molecule has 0 unspecified atom stereocenters. The quantitative estimate of drug-likeness (QED) is 0.177. The summed E-state index contributed by atoms with van der Waals surface area (Å²) in [7, 11) is 1.54. The van der Waals surface area contributed by atoms with Gasteiger partial charge in [0.2, 0.25) is 5.91 Å². The van der Waals surface area contributed by atoms with E-state index in [4.69, 9.17) is 4.74 Å². The minimum absolute atomic E-state index is 0.00408. The molecule has 0 spiro atoms. The summed E-state index contributed by atoms with van der Waals surface area (Å²) in [6.45, 7) is 9.17. The van der Waals surface area contributed by atoms with Crippen molar-refractivity contribution in [1.29, 1.82) is 0 Å². The number of hydrogen-bond donors (Lipinski definition) is 3. The summed E-state index contributed by atoms with van der Waals surface area (Å²) in [4.78, 5) is 56.1. The van der Waals surface area contributed by atoms with Crippen LogP contribution in [0.15, 0.2) is 54.1 Å². The monoisotopic (exact) mass is 832 g/mol. The first-order valence-electron chi connectivity index (χ1n) is 19.8. The summed E-state index contributed by atoms with van der Waals surface area (Å²) in [5.74, 6) is -0.592. The van der Waals surface area contributed by atoms with Gasteiger partial charge in [-0.1, -0.05) is 20.4 Å². The molecule has 2 amide bonds. The number of nitrogens with zero attached hydrogens (tertiary/aromatic N) is 6. The number of benzene rings is 1. The van der Waals surface area contributed by atoms with Crippen LogP contribution in [0, 0.1) is 5.41 Å². The van der Waals surface area contributed by atoms with Crippen molar-refractivity contribution in [3.63, 3.8) is 0 Å². The molecule has 6 heterocycles. The fraction of sp³-hybridized carbons (Fsp3) is 0.452. The summed E-state index contributed by atoms with van der Waals surface area (Å²) in [6.07, 6.45) is 3.38. The number of anilines is 5. The lowest BCUT2D eigenvalue weighted by atomic mass is 9.89. The number of aliphatic hydroxyl groups excluding tert-OH is 1. The predicted molar refractivity (Wildman–Crippen MR) is 221 cm³/mol. The van der Waals surface area contributed by atoms with Crippen molar-refractivity contribution in [1.82, 2.24) is 19.4 Å². The Kier molecular flexibility index (Phi) is 10.9. The lowest BCUT2D eigenvalue weighted by molar-refractivity contribution is -0.159. The molecule has 13 nitrogen and oxygen atoms in total. The van der Waals surface area contributed by atoms with Crippen molar-refractivity contribution in [2.24, 2.45) is 12.5 Å². The van der Waals surface area contributed by atoms with Gasteiger partial charge in [0, 0.05) is 86.6 Å². The van der Waals surface area contributed by atoms with E-state index < -0.39 is 30.3 Å². The molecule has 1 aromatic carbocycles. The number of aromatic nitrogens is 3. The van der Waals surface area contributed by atoms with Crippen molar-refractivity contribution in [2.45, 2.75) is 70.8 Å². The predicted octanol–water partition coefficient (Wildman–Crippen LogP) is 5.82. The third-order valence-electron chi connectivity index (χ3n) is 11.8. The molecule has 312 valence electrons. The Morgan fingerprint density at radius 3 is 2.63 bits per heavy atom. The minimum atomic E-state index is -4.57. The van der Waals surface area contributed by atoms with Crippen LogP contribution < -0.4 is 26.0 Å². The van der Waals surface area contributed by atoms with Crippen LogP contribution in [0.1, 0.15) is 57.9 Å². The Bertz CT molecular complexity index is 2370. The highest BCUT2D eigenvalue weighted by atomic mass is 32.1. The number of alkyl halides is 3. The average molecular weight is 833 g/mol. The van der Waals surface area contributed by atoms with E-state index in [0.717, 1.165) is 24.5 Å². The summed E-state index contributed by atoms with van der Waals surface area (Å²) in [5, 5.41) is 16.4. The molecule has 2 fully saturated rings. The second-order valence-corrected chi connectivity index (χ2v) is 17.5. The zero-order valence-electron chi connectivity index (χ0n) is 33.2. The summed E-state index contributed by atoms with van der Waals surface area (Å²) < 4.78 is 50.9. The van der Waals surface area contributed by atoms with Crippen molar-refractivity contribution in [2.75, 3.05) is 59.8 Å². The Morgan fingerprint density at radius 1 is 1.12 bits per heavy atom. The first-order chi connectivity index (χ1) is 28.2. The normalized spacial score (nSPS) is 19.7. The molecule has 2 saturated heterocycles. The fourth-order valence-corrected chi connectivity index (χ4v) is 10.5. The zero-order valence-corrected chi connectivity index (χ0v) is 34.0. The number of aliphatic hydroxyl groups is 1. The van der Waals surface area contributed by atoms with Gasteiger partial charge in [-0.05, 0) is 79.0 Å². The molecule has 1 atom stereocenters. The molecule has 0 radical (unpaired) electrons. The van der Waals surface area contributed by atoms with Gasteiger partial charge in [-0.2, -0.15) is 13.2 Å². The van der Waals surface area contributed by atoms with Gasteiger partial charge in [0.05, 0.1) is 28.6 Å². The maximum Gasteiger partial charge on any atom is 0.409 e. The Labute approximate surface area is 343 Å². The number of thiophene rings is 1. The van der Waals surface area contributed by atoms with Crippen LogP contribution in [0.3, 0.4) is 0 Å². The van der Waals surface area contributed by atoms with Gasteiger partial charge in [-0.25, -0.2) is 9.97 Å². The van der Waals surface area contributed by atoms with Crippen molar-refractivity contribution >= 4 is 51.8 Å². The Morgan fingerprint density at radius 2 is 1.90 bits per heavy atom. The Balaban J connectivity index is 1.09. The largest absolute Gasteiger partial charge is 0.409 e. The molecule has 4 aromatic rings. The topological polar surface area (TPSA) is 145 Å². The van der Waals surface area contributed by atoms with Gasteiger partial charge in [0.1, 0.15) is 11.9 Å². The number of amides is 2. The second-order valence-electron chi connectivity index (χ2n) is 16.4. The van der Waals surface area contributed by atoms with E-state index in [1.54, 1.807) is 29.4 Å². The number of nitrogens with one attached hydrogen (secondary N) is 2. The SMILES string of the molecule is C=CC(=O)Nc1cc(Nc2nc(-c3ccnc(N4CCc5c(sc6c5CC(C)(C)C6)C4=O)c3CO)cn(C)c2=O)ccc1N1CCN(C2CCOCC2)C[C@H]1C(F)(F)F. The number of hydrogen-bond acceptors (Lipinski definition) is 11. The highest BCUT2D eigenvalue weighted by Gasteiger charge is 2.48. The minimum Gasteiger partial charge on any atom is -0.392 e. The van der Waals surface area contributed by atoms with Gasteiger partial charge in [0.25, 0.3) is 11.5 Å². The maximum absolute atomic E-state index is 14.7. The highest BCUT2D eigenvalue weighted by molar-refractivity contribution is 7.14. The van der Waals surface area contributed by atoms with Crippen LogP contribution >= 0.6 is 11.3 Å². The lowest BCUT2D eigenvalue weighted by Crippen LogP contribution is -2.61. The number of fused-ring (bicyclic) bond motifs is 3. The number of carbonyl (C=O) groups is 2. The molecule has 3 N–H and O–H groups in total. The van der Waals surface area contributed by atoms with Crippen molar-refractivity contribution in [3.8, 4) is 11.3 Å². The van der Waals surface area contributed by atoms with E-state index in [9.17, 15) is 32.7 Å². The lowest BCUT2D eigenvalue weighted by Gasteiger charge is -2.47. The molecule has 1 aliphatic carbocycles. The van der Waals surface area contributed by atoms with E-state index in [1.165, 1.54) is 50.5 Å². The molecule has 59 heavy (non-hydrogen) atoms. The van der Waals surface area contributed by atoms with Crippen molar-refractivity contribution < 1.29 is 32.6 Å². The molecule has 0 bridgehead atoms. The molecule has 4 aliphatic rings. The number of carbonyl (C=O) groups excluding carboxylic acids is 2. The van der Waals surface area contributed by atoms with Crippen LogP contribution in [0.25, 0.3) is 11.3 Å². The maximum atomic E-state index is 14.7. The highest BCUT2D eigenvalue weighted by Crippen LogP contribution is 2.46. The Hall–Kier alpha value is -5.10. The number of ether oxygens (including phenoxy) is 1. The first-order valence-corrected chi connectivity index (χ1v) is 20.6. The van der Waals surface area contributed by atoms with E-state index in [-0.39, 0.29) is 53.3 Å². The van der Waals surface area contributed by atoms with Crippen LogP contribution in [0.5, 0.6) is 0 Å². The third-order valence-corrected chi connectivity index (χ3v) is 13.1. The number of halogens is 3. The molecule has 3 aliphatic heterocycles. The smallest absolute Gasteiger partial charge is 0.392 e. The third kappa shape index (κ3) is 7.88. The van der Waals surface area contributed by atoms with Gasteiger partial charge >= 0.3 is 6.18 Å². The number of aryl methyl sites for hydroxylation is 1. The summed E-state index contributed by atoms with van der Waals surface area (Å²) in [5.41, 5.74) is 3.72. The molecule has 3 aromatic heterocycles. The second kappa shape index (κ2) is 15.8. The fourth-order valence-electron chi connectivity index (χ4n) is 8.93. The number of piperazine rings is 1. The molecular formula is C42H47F3N8O5S. The number of rotatable bonds is 9. The van der Waals surface area contributed by atoms with Crippen molar-refractivity contribution in [3.05, 3.63) is 86.1 Å². The average Bonchev–Trinajstić information content (AvgIpc) is 3.71. The van der Waals surface area contributed by atoms with E-state index in [0.29, 0.717) is 73.1 Å². The molecule has 17 heteroatoms.